The molecule has 1 amide bonds. The van der Waals surface area contributed by atoms with Gasteiger partial charge in [0.2, 0.25) is 0 Å². The van der Waals surface area contributed by atoms with E-state index in [2.05, 4.69) is 20.1 Å². The van der Waals surface area contributed by atoms with Gasteiger partial charge in [0.1, 0.15) is 0 Å². The summed E-state index contributed by atoms with van der Waals surface area (Å²) in [5.74, 6) is 0.626. The van der Waals surface area contributed by atoms with E-state index in [-0.39, 0.29) is 18.1 Å². The fraction of sp³-hybridized carbons (Fsp3) is 0.429. The van der Waals surface area contributed by atoms with Gasteiger partial charge in [-0.3, -0.25) is 9.48 Å². The first kappa shape index (κ1) is 20.2. The molecule has 0 aliphatic carbocycles. The Bertz CT molecular complexity index is 1010. The van der Waals surface area contributed by atoms with E-state index in [1.807, 2.05) is 63.6 Å². The van der Waals surface area contributed by atoms with Gasteiger partial charge in [0.15, 0.2) is 5.82 Å². The van der Waals surface area contributed by atoms with Gasteiger partial charge in [0.25, 0.3) is 5.91 Å². The lowest BCUT2D eigenvalue weighted by Gasteiger charge is -2.41. The summed E-state index contributed by atoms with van der Waals surface area (Å²) in [6.45, 7) is 3.60. The first-order valence-electron chi connectivity index (χ1n) is 9.97. The van der Waals surface area contributed by atoms with E-state index in [4.69, 9.17) is 4.74 Å². The zero-order valence-electron chi connectivity index (χ0n) is 17.8. The Balaban J connectivity index is 1.68. The zero-order chi connectivity index (χ0) is 21.3. The predicted octanol–water partition coefficient (Wildman–Crippen LogP) is 1.45. The third-order valence-corrected chi connectivity index (χ3v) is 5.33. The Kier molecular flexibility index (Phi) is 5.65. The number of aryl methyl sites for hydroxylation is 1. The van der Waals surface area contributed by atoms with Crippen molar-refractivity contribution in [3.8, 4) is 5.82 Å². The molecule has 0 unspecified atom stereocenters. The van der Waals surface area contributed by atoms with E-state index in [1.165, 1.54) is 0 Å². The van der Waals surface area contributed by atoms with Gasteiger partial charge >= 0.3 is 0 Å². The van der Waals surface area contributed by atoms with Gasteiger partial charge in [-0.15, -0.1) is 0 Å². The lowest BCUT2D eigenvalue weighted by atomic mass is 9.99. The molecule has 0 saturated carbocycles. The Hall–Kier alpha value is -3.04. The summed E-state index contributed by atoms with van der Waals surface area (Å²) in [7, 11) is 5.89. The molecule has 4 rings (SSSR count). The molecule has 0 spiro atoms. The molecule has 0 aromatic carbocycles. The van der Waals surface area contributed by atoms with Gasteiger partial charge < -0.3 is 14.5 Å². The van der Waals surface area contributed by atoms with Crippen molar-refractivity contribution in [3.63, 3.8) is 0 Å². The highest BCUT2D eigenvalue weighted by molar-refractivity contribution is 5.95. The second-order valence-corrected chi connectivity index (χ2v) is 7.81. The number of amides is 1. The molecule has 9 nitrogen and oxygen atoms in total. The summed E-state index contributed by atoms with van der Waals surface area (Å²) in [5.41, 5.74) is 2.30. The van der Waals surface area contributed by atoms with Crippen LogP contribution in [0, 0.1) is 6.92 Å². The number of hydrogen-bond donors (Lipinski definition) is 0. The van der Waals surface area contributed by atoms with Crippen LogP contribution in [0.4, 0.5) is 0 Å². The van der Waals surface area contributed by atoms with Gasteiger partial charge in [0, 0.05) is 38.1 Å². The standard InChI is InChI=1S/C21H27N7O2/c1-15-17(12-24-28(15)19-7-5-6-8-22-19)21(29)27-9-10-30-18(14-25(2)3)20(27)16-11-23-26(4)13-16/h5-8,11-13,18,20H,9-10,14H2,1-4H3/t18-,20-/m0/s1. The van der Waals surface area contributed by atoms with Gasteiger partial charge in [-0.1, -0.05) is 6.07 Å². The largest absolute Gasteiger partial charge is 0.373 e. The van der Waals surface area contributed by atoms with Crippen molar-refractivity contribution in [3.05, 3.63) is 59.8 Å². The topological polar surface area (TPSA) is 81.3 Å². The normalized spacial score (nSPS) is 19.4. The van der Waals surface area contributed by atoms with Crippen molar-refractivity contribution in [2.24, 2.45) is 7.05 Å². The van der Waals surface area contributed by atoms with Crippen molar-refractivity contribution >= 4 is 5.91 Å². The first-order chi connectivity index (χ1) is 14.5. The first-order valence-corrected chi connectivity index (χ1v) is 9.97. The Morgan fingerprint density at radius 2 is 2.10 bits per heavy atom. The minimum atomic E-state index is -0.222. The van der Waals surface area contributed by atoms with E-state index in [0.717, 1.165) is 11.3 Å². The van der Waals surface area contributed by atoms with Gasteiger partial charge in [-0.25, -0.2) is 9.67 Å². The SMILES string of the molecule is Cc1c(C(=O)N2CCO[C@@H](CN(C)C)[C@@H]2c2cnn(C)c2)cnn1-c1ccccn1. The monoisotopic (exact) mass is 409 g/mol. The molecule has 0 bridgehead atoms. The molecule has 1 aliphatic heterocycles. The molecular formula is C21H27N7O2. The fourth-order valence-electron chi connectivity index (χ4n) is 3.95. The van der Waals surface area contributed by atoms with Crippen LogP contribution in [0.25, 0.3) is 5.82 Å². The average Bonchev–Trinajstić information content (AvgIpc) is 3.33. The van der Waals surface area contributed by atoms with E-state index >= 15 is 0 Å². The molecule has 0 N–H and O–H groups in total. The molecule has 4 heterocycles. The van der Waals surface area contributed by atoms with Gasteiger partial charge in [-0.05, 0) is 33.2 Å². The van der Waals surface area contributed by atoms with Crippen LogP contribution in [0.3, 0.4) is 0 Å². The highest BCUT2D eigenvalue weighted by atomic mass is 16.5. The number of rotatable bonds is 5. The Labute approximate surface area is 175 Å². The molecule has 1 fully saturated rings. The number of pyridine rings is 1. The summed E-state index contributed by atoms with van der Waals surface area (Å²) in [5, 5.41) is 8.74. The van der Waals surface area contributed by atoms with Crippen LogP contribution >= 0.6 is 0 Å². The molecule has 9 heteroatoms. The van der Waals surface area contributed by atoms with Crippen molar-refractivity contribution in [1.82, 2.24) is 34.3 Å². The van der Waals surface area contributed by atoms with Crippen LogP contribution in [0.5, 0.6) is 0 Å². The third-order valence-electron chi connectivity index (χ3n) is 5.33. The summed E-state index contributed by atoms with van der Waals surface area (Å²) in [6.07, 6.45) is 6.96. The minimum Gasteiger partial charge on any atom is -0.373 e. The van der Waals surface area contributed by atoms with Crippen molar-refractivity contribution < 1.29 is 9.53 Å². The second kappa shape index (κ2) is 8.37. The molecule has 30 heavy (non-hydrogen) atoms. The number of likely N-dealkylation sites (N-methyl/N-ethyl adjacent to an activating group) is 1. The average molecular weight is 409 g/mol. The summed E-state index contributed by atoms with van der Waals surface area (Å²) in [4.78, 5) is 22.0. The summed E-state index contributed by atoms with van der Waals surface area (Å²) >= 11 is 0. The summed E-state index contributed by atoms with van der Waals surface area (Å²) in [6, 6.07) is 5.40. The van der Waals surface area contributed by atoms with Gasteiger partial charge in [-0.2, -0.15) is 10.2 Å². The van der Waals surface area contributed by atoms with E-state index < -0.39 is 0 Å². The van der Waals surface area contributed by atoms with E-state index in [9.17, 15) is 4.79 Å². The molecule has 1 saturated heterocycles. The molecule has 2 atom stereocenters. The quantitative estimate of drug-likeness (QED) is 0.635. The number of hydrogen-bond acceptors (Lipinski definition) is 6. The van der Waals surface area contributed by atoms with Crippen LogP contribution in [0.15, 0.2) is 43.0 Å². The lowest BCUT2D eigenvalue weighted by molar-refractivity contribution is -0.0685. The zero-order valence-corrected chi connectivity index (χ0v) is 17.8. The number of nitrogens with zero attached hydrogens (tertiary/aromatic N) is 7. The third kappa shape index (κ3) is 3.86. The molecule has 0 radical (unpaired) electrons. The number of carbonyl (C=O) groups excluding carboxylic acids is 1. The highest BCUT2D eigenvalue weighted by Crippen LogP contribution is 2.31. The molecular weight excluding hydrogens is 382 g/mol. The second-order valence-electron chi connectivity index (χ2n) is 7.81. The molecule has 3 aromatic heterocycles. The van der Waals surface area contributed by atoms with Crippen LogP contribution in [-0.2, 0) is 11.8 Å². The van der Waals surface area contributed by atoms with Crippen LogP contribution in [0.1, 0.15) is 27.7 Å². The number of morpholine rings is 1. The number of aromatic nitrogens is 5. The fourth-order valence-corrected chi connectivity index (χ4v) is 3.95. The van der Waals surface area contributed by atoms with E-state index in [0.29, 0.717) is 31.1 Å². The Morgan fingerprint density at radius 3 is 2.77 bits per heavy atom. The maximum Gasteiger partial charge on any atom is 0.258 e. The van der Waals surface area contributed by atoms with E-state index in [1.54, 1.807) is 21.8 Å². The van der Waals surface area contributed by atoms with Crippen LogP contribution in [-0.4, -0.2) is 80.1 Å². The molecule has 3 aromatic rings. The highest BCUT2D eigenvalue weighted by Gasteiger charge is 2.38. The summed E-state index contributed by atoms with van der Waals surface area (Å²) < 4.78 is 9.53. The van der Waals surface area contributed by atoms with Crippen molar-refractivity contribution in [2.45, 2.75) is 19.1 Å². The van der Waals surface area contributed by atoms with Crippen LogP contribution < -0.4 is 0 Å². The van der Waals surface area contributed by atoms with Crippen LogP contribution in [0.2, 0.25) is 0 Å². The predicted molar refractivity (Wildman–Crippen MR) is 111 cm³/mol. The molecule has 158 valence electrons. The number of ether oxygens (including phenoxy) is 1. The maximum atomic E-state index is 13.6. The smallest absolute Gasteiger partial charge is 0.258 e. The van der Waals surface area contributed by atoms with Crippen molar-refractivity contribution in [2.75, 3.05) is 33.8 Å². The number of carbonyl (C=O) groups is 1. The minimum absolute atomic E-state index is 0.0596. The maximum absolute atomic E-state index is 13.6. The molecule has 1 aliphatic rings. The lowest BCUT2D eigenvalue weighted by Crippen LogP contribution is -2.51. The van der Waals surface area contributed by atoms with Gasteiger partial charge in [0.05, 0.1) is 42.4 Å². The van der Waals surface area contributed by atoms with Crippen molar-refractivity contribution in [1.29, 1.82) is 0 Å². The Morgan fingerprint density at radius 1 is 1.27 bits per heavy atom.